The van der Waals surface area contributed by atoms with Crippen molar-refractivity contribution in [1.82, 2.24) is 14.9 Å². The maximum Gasteiger partial charge on any atom is 0.263 e. The average molecular weight is 357 g/mol. The van der Waals surface area contributed by atoms with Crippen molar-refractivity contribution < 1.29 is 19.0 Å². The first kappa shape index (κ1) is 16.4. The summed E-state index contributed by atoms with van der Waals surface area (Å²) in [5, 5.41) is 0. The Morgan fingerprint density at radius 2 is 2.15 bits per heavy atom. The second kappa shape index (κ2) is 6.36. The van der Waals surface area contributed by atoms with E-state index in [1.807, 2.05) is 0 Å². The zero-order valence-electron chi connectivity index (χ0n) is 14.6. The van der Waals surface area contributed by atoms with Crippen LogP contribution in [0.15, 0.2) is 23.0 Å². The van der Waals surface area contributed by atoms with Crippen LogP contribution >= 0.6 is 0 Å². The van der Waals surface area contributed by atoms with Crippen LogP contribution in [0.4, 0.5) is 0 Å². The number of amides is 1. The monoisotopic (exact) mass is 357 g/mol. The van der Waals surface area contributed by atoms with Crippen LogP contribution in [0.2, 0.25) is 0 Å². The topological polar surface area (TPSA) is 93.8 Å². The van der Waals surface area contributed by atoms with Crippen molar-refractivity contribution in [2.75, 3.05) is 13.3 Å². The van der Waals surface area contributed by atoms with Gasteiger partial charge in [0, 0.05) is 18.2 Å². The highest BCUT2D eigenvalue weighted by Crippen LogP contribution is 2.35. The fourth-order valence-corrected chi connectivity index (χ4v) is 3.21. The predicted octanol–water partition coefficient (Wildman–Crippen LogP) is 1.16. The van der Waals surface area contributed by atoms with Crippen molar-refractivity contribution in [1.29, 1.82) is 0 Å². The molecule has 8 nitrogen and oxygen atoms in total. The number of aromatic amines is 1. The summed E-state index contributed by atoms with van der Waals surface area (Å²) in [6.07, 6.45) is -0.180. The van der Waals surface area contributed by atoms with Gasteiger partial charge >= 0.3 is 0 Å². The maximum absolute atomic E-state index is 12.7. The Bertz CT molecular complexity index is 924. The zero-order chi connectivity index (χ0) is 18.3. The van der Waals surface area contributed by atoms with Crippen molar-refractivity contribution in [3.63, 3.8) is 0 Å². The second-order valence-electron chi connectivity index (χ2n) is 6.36. The Kier molecular flexibility index (Phi) is 4.02. The van der Waals surface area contributed by atoms with Crippen molar-refractivity contribution in [2.45, 2.75) is 32.9 Å². The molecule has 0 aliphatic carbocycles. The van der Waals surface area contributed by atoms with Crippen LogP contribution in [0.1, 0.15) is 24.0 Å². The molecular weight excluding hydrogens is 338 g/mol. The molecule has 2 aliphatic rings. The molecule has 8 heteroatoms. The minimum atomic E-state index is -0.667. The summed E-state index contributed by atoms with van der Waals surface area (Å²) < 4.78 is 16.4. The van der Waals surface area contributed by atoms with Gasteiger partial charge in [-0.2, -0.15) is 0 Å². The van der Waals surface area contributed by atoms with Gasteiger partial charge in [0.1, 0.15) is 11.6 Å². The van der Waals surface area contributed by atoms with Gasteiger partial charge in [0.05, 0.1) is 12.2 Å². The van der Waals surface area contributed by atoms with Gasteiger partial charge in [-0.15, -0.1) is 0 Å². The van der Waals surface area contributed by atoms with Crippen LogP contribution in [0.3, 0.4) is 0 Å². The fraction of sp³-hybridized carbons (Fsp3) is 0.389. The van der Waals surface area contributed by atoms with Crippen LogP contribution in [-0.2, 0) is 17.8 Å². The Hall–Kier alpha value is -3.03. The summed E-state index contributed by atoms with van der Waals surface area (Å²) in [4.78, 5) is 33.5. The third-order valence-corrected chi connectivity index (χ3v) is 4.51. The summed E-state index contributed by atoms with van der Waals surface area (Å²) in [6.45, 7) is 4.40. The number of rotatable bonds is 3. The Labute approximate surface area is 149 Å². The van der Waals surface area contributed by atoms with Crippen LogP contribution in [0.5, 0.6) is 17.2 Å². The molecule has 0 fully saturated rings. The molecular formula is C18H19N3O5. The lowest BCUT2D eigenvalue weighted by Crippen LogP contribution is -2.44. The molecule has 1 atom stereocenters. The second-order valence-corrected chi connectivity index (χ2v) is 6.36. The lowest BCUT2D eigenvalue weighted by Gasteiger charge is -2.30. The number of hydrogen-bond acceptors (Lipinski definition) is 6. The normalized spacial score (nSPS) is 16.2. The quantitative estimate of drug-likeness (QED) is 0.886. The van der Waals surface area contributed by atoms with Gasteiger partial charge in [0.2, 0.25) is 6.79 Å². The molecule has 0 saturated carbocycles. The molecule has 0 spiro atoms. The number of aromatic nitrogens is 2. The Morgan fingerprint density at radius 3 is 3.00 bits per heavy atom. The summed E-state index contributed by atoms with van der Waals surface area (Å²) in [5.74, 6) is 2.21. The van der Waals surface area contributed by atoms with E-state index in [9.17, 15) is 9.59 Å². The molecule has 0 radical (unpaired) electrons. The number of H-pyrrole nitrogens is 1. The molecule has 1 unspecified atom stereocenters. The van der Waals surface area contributed by atoms with E-state index in [0.29, 0.717) is 53.8 Å². The van der Waals surface area contributed by atoms with E-state index in [1.165, 1.54) is 0 Å². The highest BCUT2D eigenvalue weighted by molar-refractivity contribution is 5.81. The Morgan fingerprint density at radius 1 is 1.35 bits per heavy atom. The third kappa shape index (κ3) is 2.98. The first-order valence-electron chi connectivity index (χ1n) is 8.45. The van der Waals surface area contributed by atoms with Gasteiger partial charge in [-0.1, -0.05) is 0 Å². The van der Waals surface area contributed by atoms with Crippen LogP contribution < -0.4 is 19.8 Å². The molecule has 0 bridgehead atoms. The van der Waals surface area contributed by atoms with Crippen LogP contribution in [-0.4, -0.2) is 40.2 Å². The molecule has 136 valence electrons. The van der Waals surface area contributed by atoms with E-state index in [0.717, 1.165) is 0 Å². The lowest BCUT2D eigenvalue weighted by atomic mass is 10.1. The van der Waals surface area contributed by atoms with E-state index in [1.54, 1.807) is 36.9 Å². The number of fused-ring (bicyclic) bond motifs is 2. The van der Waals surface area contributed by atoms with Gasteiger partial charge in [-0.05, 0) is 32.4 Å². The first-order chi connectivity index (χ1) is 12.5. The smallest absolute Gasteiger partial charge is 0.263 e. The van der Waals surface area contributed by atoms with Crippen LogP contribution in [0, 0.1) is 6.92 Å². The minimum Gasteiger partial charge on any atom is -0.481 e. The third-order valence-electron chi connectivity index (χ3n) is 4.51. The van der Waals surface area contributed by atoms with Gasteiger partial charge in [0.15, 0.2) is 17.6 Å². The number of benzene rings is 1. The molecule has 2 aromatic rings. The molecule has 3 heterocycles. The van der Waals surface area contributed by atoms with Crippen molar-refractivity contribution >= 4 is 5.91 Å². The standard InChI is InChI=1S/C18H19N3O5/c1-10(26-12-3-4-15-16(7-12)25-9-24-15)18(23)21-6-5-13-14(8-21)19-11(2)20-17(13)22/h3-4,7,10H,5-6,8-9H2,1-2H3,(H,19,20,22). The number of carbonyl (C=O) groups is 1. The largest absolute Gasteiger partial charge is 0.481 e. The first-order valence-corrected chi connectivity index (χ1v) is 8.45. The van der Waals surface area contributed by atoms with Gasteiger partial charge < -0.3 is 24.1 Å². The molecule has 1 aromatic heterocycles. The molecule has 4 rings (SSSR count). The number of ether oxygens (including phenoxy) is 3. The molecule has 1 N–H and O–H groups in total. The predicted molar refractivity (Wildman–Crippen MR) is 91.4 cm³/mol. The van der Waals surface area contributed by atoms with E-state index in [-0.39, 0.29) is 18.3 Å². The minimum absolute atomic E-state index is 0.121. The number of hydrogen-bond donors (Lipinski definition) is 1. The average Bonchev–Trinajstić information content (AvgIpc) is 3.08. The van der Waals surface area contributed by atoms with Crippen LogP contribution in [0.25, 0.3) is 0 Å². The summed E-state index contributed by atoms with van der Waals surface area (Å²) in [6, 6.07) is 5.21. The Balaban J connectivity index is 1.46. The highest BCUT2D eigenvalue weighted by atomic mass is 16.7. The van der Waals surface area contributed by atoms with Crippen molar-refractivity contribution in [3.8, 4) is 17.2 Å². The molecule has 1 amide bonds. The van der Waals surface area contributed by atoms with Gasteiger partial charge in [0.25, 0.3) is 11.5 Å². The summed E-state index contributed by atoms with van der Waals surface area (Å²) in [7, 11) is 0. The van der Waals surface area contributed by atoms with Gasteiger partial charge in [-0.3, -0.25) is 9.59 Å². The van der Waals surface area contributed by atoms with Crippen molar-refractivity contribution in [2.24, 2.45) is 0 Å². The van der Waals surface area contributed by atoms with Crippen molar-refractivity contribution in [3.05, 3.63) is 45.6 Å². The molecule has 0 saturated heterocycles. The number of carbonyl (C=O) groups excluding carboxylic acids is 1. The fourth-order valence-electron chi connectivity index (χ4n) is 3.21. The number of nitrogens with zero attached hydrogens (tertiary/aromatic N) is 2. The SMILES string of the molecule is Cc1nc2c(c(=O)[nH]1)CCN(C(=O)C(C)Oc1ccc3c(c1)OCO3)C2. The van der Waals surface area contributed by atoms with E-state index in [4.69, 9.17) is 14.2 Å². The maximum atomic E-state index is 12.7. The van der Waals surface area contributed by atoms with E-state index >= 15 is 0 Å². The zero-order valence-corrected chi connectivity index (χ0v) is 14.6. The van der Waals surface area contributed by atoms with Gasteiger partial charge in [-0.25, -0.2) is 4.98 Å². The molecule has 1 aromatic carbocycles. The highest BCUT2D eigenvalue weighted by Gasteiger charge is 2.28. The lowest BCUT2D eigenvalue weighted by molar-refractivity contribution is -0.139. The van der Waals surface area contributed by atoms with E-state index < -0.39 is 6.10 Å². The number of aryl methyl sites for hydroxylation is 1. The molecule has 2 aliphatic heterocycles. The summed E-state index contributed by atoms with van der Waals surface area (Å²) in [5.41, 5.74) is 1.19. The summed E-state index contributed by atoms with van der Waals surface area (Å²) >= 11 is 0. The molecule has 26 heavy (non-hydrogen) atoms. The number of nitrogens with one attached hydrogen (secondary N) is 1. The van der Waals surface area contributed by atoms with E-state index in [2.05, 4.69) is 9.97 Å².